The molecule has 5 heteroatoms. The third-order valence-corrected chi connectivity index (χ3v) is 3.05. The number of nitrogen functional groups attached to an aromatic ring is 1. The van der Waals surface area contributed by atoms with E-state index in [1.54, 1.807) is 25.6 Å². The molecule has 102 valence electrons. The number of rotatable bonds is 4. The van der Waals surface area contributed by atoms with E-state index in [0.717, 1.165) is 11.3 Å². The molecule has 1 aromatic carbocycles. The number of hydrogen-bond donors (Lipinski definition) is 1. The zero-order valence-corrected chi connectivity index (χ0v) is 11.5. The van der Waals surface area contributed by atoms with Crippen molar-refractivity contribution in [3.63, 3.8) is 0 Å². The van der Waals surface area contributed by atoms with Crippen LogP contribution >= 0.6 is 0 Å². The number of nitrogens with zero attached hydrogens (tertiary/aromatic N) is 3. The molecular formula is C15H16N4O. The van der Waals surface area contributed by atoms with Crippen LogP contribution in [0.1, 0.15) is 11.1 Å². The van der Waals surface area contributed by atoms with E-state index >= 15 is 0 Å². The van der Waals surface area contributed by atoms with Crippen molar-refractivity contribution >= 4 is 11.4 Å². The highest BCUT2D eigenvalue weighted by Crippen LogP contribution is 2.24. The third-order valence-electron chi connectivity index (χ3n) is 3.05. The number of hydrogen-bond acceptors (Lipinski definition) is 5. The fraction of sp³-hybridized carbons (Fsp3) is 0.200. The minimum Gasteiger partial charge on any atom is -0.495 e. The van der Waals surface area contributed by atoms with E-state index in [4.69, 9.17) is 15.7 Å². The highest BCUT2D eigenvalue weighted by atomic mass is 16.5. The first-order valence-electron chi connectivity index (χ1n) is 6.13. The number of ether oxygens (including phenoxy) is 1. The molecule has 20 heavy (non-hydrogen) atoms. The van der Waals surface area contributed by atoms with Gasteiger partial charge in [0.25, 0.3) is 0 Å². The Morgan fingerprint density at radius 2 is 2.20 bits per heavy atom. The quantitative estimate of drug-likeness (QED) is 0.919. The Morgan fingerprint density at radius 1 is 1.40 bits per heavy atom. The van der Waals surface area contributed by atoms with E-state index in [9.17, 15) is 0 Å². The van der Waals surface area contributed by atoms with E-state index in [2.05, 4.69) is 11.1 Å². The summed E-state index contributed by atoms with van der Waals surface area (Å²) < 4.78 is 5.21. The second-order valence-electron chi connectivity index (χ2n) is 4.44. The fourth-order valence-electron chi connectivity index (χ4n) is 2.03. The van der Waals surface area contributed by atoms with Crippen LogP contribution in [0.5, 0.6) is 5.75 Å². The first-order chi connectivity index (χ1) is 9.65. The molecule has 0 unspecified atom stereocenters. The predicted molar refractivity (Wildman–Crippen MR) is 78.5 cm³/mol. The number of nitriles is 1. The summed E-state index contributed by atoms with van der Waals surface area (Å²) in [7, 11) is 3.51. The Bertz CT molecular complexity index is 649. The molecule has 0 fully saturated rings. The lowest BCUT2D eigenvalue weighted by Gasteiger charge is -2.21. The highest BCUT2D eigenvalue weighted by molar-refractivity contribution is 5.65. The van der Waals surface area contributed by atoms with Gasteiger partial charge in [-0.2, -0.15) is 5.26 Å². The van der Waals surface area contributed by atoms with Crippen LogP contribution in [0.25, 0.3) is 0 Å². The molecule has 0 amide bonds. The summed E-state index contributed by atoms with van der Waals surface area (Å²) in [6, 6.07) is 9.51. The van der Waals surface area contributed by atoms with E-state index in [0.29, 0.717) is 23.5 Å². The van der Waals surface area contributed by atoms with Crippen molar-refractivity contribution in [2.24, 2.45) is 0 Å². The Balaban J connectivity index is 2.22. The summed E-state index contributed by atoms with van der Waals surface area (Å²) >= 11 is 0. The van der Waals surface area contributed by atoms with Gasteiger partial charge in [-0.05, 0) is 23.8 Å². The normalized spacial score (nSPS) is 9.85. The maximum Gasteiger partial charge on any atom is 0.136 e. The smallest absolute Gasteiger partial charge is 0.136 e. The number of aromatic nitrogens is 1. The second-order valence-corrected chi connectivity index (χ2v) is 4.44. The van der Waals surface area contributed by atoms with E-state index in [-0.39, 0.29) is 0 Å². The predicted octanol–water partition coefficient (Wildman–Crippen LogP) is 2.18. The summed E-state index contributed by atoms with van der Waals surface area (Å²) in [4.78, 5) is 6.00. The molecule has 0 aliphatic carbocycles. The van der Waals surface area contributed by atoms with Crippen molar-refractivity contribution in [3.8, 4) is 11.8 Å². The SMILES string of the molecule is COc1cc(CN(C)c2ccncc2N)ccc1C#N. The van der Waals surface area contributed by atoms with Gasteiger partial charge in [0.2, 0.25) is 0 Å². The average Bonchev–Trinajstić information content (AvgIpc) is 2.47. The fourth-order valence-corrected chi connectivity index (χ4v) is 2.03. The van der Waals surface area contributed by atoms with Gasteiger partial charge in [-0.15, -0.1) is 0 Å². The van der Waals surface area contributed by atoms with Crippen LogP contribution in [0.4, 0.5) is 11.4 Å². The van der Waals surface area contributed by atoms with Gasteiger partial charge in [0.05, 0.1) is 30.2 Å². The molecule has 5 nitrogen and oxygen atoms in total. The Hall–Kier alpha value is -2.74. The van der Waals surface area contributed by atoms with Gasteiger partial charge in [-0.25, -0.2) is 0 Å². The number of nitrogens with two attached hydrogens (primary N) is 1. The van der Waals surface area contributed by atoms with Crippen molar-refractivity contribution in [1.82, 2.24) is 4.98 Å². The largest absolute Gasteiger partial charge is 0.495 e. The van der Waals surface area contributed by atoms with Gasteiger partial charge in [0, 0.05) is 19.8 Å². The van der Waals surface area contributed by atoms with Crippen LogP contribution in [0, 0.1) is 11.3 Å². The van der Waals surface area contributed by atoms with E-state index in [1.807, 2.05) is 30.1 Å². The average molecular weight is 268 g/mol. The zero-order chi connectivity index (χ0) is 14.5. The molecule has 1 heterocycles. The number of pyridine rings is 1. The standard InChI is InChI=1S/C15H16N4O/c1-19(14-5-6-18-9-13(14)17)10-11-3-4-12(8-16)15(7-11)20-2/h3-7,9H,10,17H2,1-2H3. The minimum atomic E-state index is 0.530. The van der Waals surface area contributed by atoms with Crippen LogP contribution in [0.3, 0.4) is 0 Å². The van der Waals surface area contributed by atoms with Gasteiger partial charge in [0.15, 0.2) is 0 Å². The molecule has 0 atom stereocenters. The molecule has 0 saturated carbocycles. The molecule has 0 saturated heterocycles. The maximum absolute atomic E-state index is 8.97. The minimum absolute atomic E-state index is 0.530. The first kappa shape index (κ1) is 13.7. The molecule has 0 radical (unpaired) electrons. The summed E-state index contributed by atoms with van der Waals surface area (Å²) in [6.07, 6.45) is 3.34. The van der Waals surface area contributed by atoms with Crippen LogP contribution in [0.2, 0.25) is 0 Å². The summed E-state index contributed by atoms with van der Waals surface area (Å²) in [5, 5.41) is 8.97. The summed E-state index contributed by atoms with van der Waals surface area (Å²) in [5.74, 6) is 0.584. The molecule has 2 aromatic rings. The molecular weight excluding hydrogens is 252 g/mol. The van der Waals surface area contributed by atoms with Crippen molar-refractivity contribution in [2.45, 2.75) is 6.54 Å². The van der Waals surface area contributed by atoms with Gasteiger partial charge in [-0.3, -0.25) is 4.98 Å². The number of methoxy groups -OCH3 is 1. The van der Waals surface area contributed by atoms with Crippen molar-refractivity contribution in [3.05, 3.63) is 47.8 Å². The van der Waals surface area contributed by atoms with Crippen LogP contribution in [-0.2, 0) is 6.54 Å². The van der Waals surface area contributed by atoms with Crippen molar-refractivity contribution in [1.29, 1.82) is 5.26 Å². The Kier molecular flexibility index (Phi) is 4.06. The molecule has 1 aromatic heterocycles. The second kappa shape index (κ2) is 5.93. The van der Waals surface area contributed by atoms with Crippen molar-refractivity contribution in [2.75, 3.05) is 24.8 Å². The topological polar surface area (TPSA) is 75.2 Å². The molecule has 0 aliphatic heterocycles. The molecule has 0 aliphatic rings. The summed E-state index contributed by atoms with van der Waals surface area (Å²) in [6.45, 7) is 0.663. The maximum atomic E-state index is 8.97. The van der Waals surface area contributed by atoms with Gasteiger partial charge < -0.3 is 15.4 Å². The summed E-state index contributed by atoms with van der Waals surface area (Å²) in [5.41, 5.74) is 9.03. The third kappa shape index (κ3) is 2.81. The lowest BCUT2D eigenvalue weighted by molar-refractivity contribution is 0.413. The first-order valence-corrected chi connectivity index (χ1v) is 6.13. The molecule has 0 bridgehead atoms. The zero-order valence-electron chi connectivity index (χ0n) is 11.5. The molecule has 2 rings (SSSR count). The van der Waals surface area contributed by atoms with Crippen LogP contribution < -0.4 is 15.4 Å². The van der Waals surface area contributed by atoms with Crippen molar-refractivity contribution < 1.29 is 4.74 Å². The van der Waals surface area contributed by atoms with Crippen LogP contribution in [-0.4, -0.2) is 19.1 Å². The lowest BCUT2D eigenvalue weighted by atomic mass is 10.1. The van der Waals surface area contributed by atoms with Gasteiger partial charge in [-0.1, -0.05) is 6.07 Å². The monoisotopic (exact) mass is 268 g/mol. The Labute approximate surface area is 118 Å². The highest BCUT2D eigenvalue weighted by Gasteiger charge is 2.08. The van der Waals surface area contributed by atoms with Gasteiger partial charge >= 0.3 is 0 Å². The van der Waals surface area contributed by atoms with Gasteiger partial charge in [0.1, 0.15) is 11.8 Å². The molecule has 2 N–H and O–H groups in total. The van der Waals surface area contributed by atoms with E-state index < -0.39 is 0 Å². The number of benzene rings is 1. The Morgan fingerprint density at radius 3 is 2.85 bits per heavy atom. The van der Waals surface area contributed by atoms with E-state index in [1.165, 1.54) is 0 Å². The molecule has 0 spiro atoms. The van der Waals surface area contributed by atoms with Crippen LogP contribution in [0.15, 0.2) is 36.7 Å². The number of anilines is 2. The lowest BCUT2D eigenvalue weighted by Crippen LogP contribution is -2.18.